The summed E-state index contributed by atoms with van der Waals surface area (Å²) in [6, 6.07) is 3.85. The molecule has 0 radical (unpaired) electrons. The van der Waals surface area contributed by atoms with Gasteiger partial charge in [0.1, 0.15) is 4.90 Å². The molecule has 2 N–H and O–H groups in total. The summed E-state index contributed by atoms with van der Waals surface area (Å²) >= 11 is 11.5. The van der Waals surface area contributed by atoms with E-state index in [1.54, 1.807) is 0 Å². The first-order valence-electron chi connectivity index (χ1n) is 5.38. The molecule has 108 valence electrons. The zero-order valence-electron chi connectivity index (χ0n) is 10.1. The lowest BCUT2D eigenvalue weighted by Crippen LogP contribution is -2.25. The van der Waals surface area contributed by atoms with Gasteiger partial charge >= 0.3 is 5.97 Å². The lowest BCUT2D eigenvalue weighted by Gasteiger charge is -2.09. The SMILES string of the molecule is N#CCCCNS(=O)(=O)c1cc(C(=O)O)c(Cl)cc1Cl. The van der Waals surface area contributed by atoms with Gasteiger partial charge in [0.25, 0.3) is 0 Å². The Hall–Kier alpha value is -1.33. The van der Waals surface area contributed by atoms with Crippen molar-refractivity contribution in [2.24, 2.45) is 0 Å². The number of unbranched alkanes of at least 4 members (excludes halogenated alkanes) is 1. The summed E-state index contributed by atoms with van der Waals surface area (Å²) in [4.78, 5) is 10.6. The Morgan fingerprint density at radius 2 is 2.00 bits per heavy atom. The molecule has 0 amide bonds. The van der Waals surface area contributed by atoms with Gasteiger partial charge in [-0.1, -0.05) is 23.2 Å². The smallest absolute Gasteiger partial charge is 0.337 e. The number of nitrogens with zero attached hydrogens (tertiary/aromatic N) is 1. The van der Waals surface area contributed by atoms with E-state index in [4.69, 9.17) is 33.6 Å². The second-order valence-corrected chi connectivity index (χ2v) is 6.28. The van der Waals surface area contributed by atoms with Crippen LogP contribution < -0.4 is 4.72 Å². The van der Waals surface area contributed by atoms with Crippen molar-refractivity contribution in [2.75, 3.05) is 6.54 Å². The minimum atomic E-state index is -3.96. The predicted octanol–water partition coefficient (Wildman–Crippen LogP) is 2.27. The summed E-state index contributed by atoms with van der Waals surface area (Å²) < 4.78 is 26.2. The number of carboxylic acid groups (broad SMARTS) is 1. The van der Waals surface area contributed by atoms with Gasteiger partial charge in [-0.15, -0.1) is 0 Å². The minimum absolute atomic E-state index is 0.0528. The van der Waals surface area contributed by atoms with E-state index in [0.29, 0.717) is 6.42 Å². The van der Waals surface area contributed by atoms with Crippen molar-refractivity contribution in [3.05, 3.63) is 27.7 Å². The highest BCUT2D eigenvalue weighted by Crippen LogP contribution is 2.28. The molecule has 0 spiro atoms. The van der Waals surface area contributed by atoms with Crippen LogP contribution in [0, 0.1) is 11.3 Å². The third kappa shape index (κ3) is 4.08. The fourth-order valence-electron chi connectivity index (χ4n) is 1.35. The molecule has 0 saturated heterocycles. The zero-order valence-corrected chi connectivity index (χ0v) is 12.4. The molecule has 0 fully saturated rings. The largest absolute Gasteiger partial charge is 0.478 e. The maximum atomic E-state index is 12.0. The minimum Gasteiger partial charge on any atom is -0.478 e. The molecule has 1 rings (SSSR count). The molecule has 0 aliphatic carbocycles. The van der Waals surface area contributed by atoms with Gasteiger partial charge in [-0.25, -0.2) is 17.9 Å². The molecule has 0 heterocycles. The van der Waals surface area contributed by atoms with Crippen molar-refractivity contribution in [3.8, 4) is 6.07 Å². The normalized spacial score (nSPS) is 11.1. The van der Waals surface area contributed by atoms with Gasteiger partial charge in [0.05, 0.1) is 21.7 Å². The number of carbonyl (C=O) groups is 1. The van der Waals surface area contributed by atoms with Crippen molar-refractivity contribution in [1.82, 2.24) is 4.72 Å². The van der Waals surface area contributed by atoms with E-state index in [1.807, 2.05) is 6.07 Å². The fraction of sp³-hybridized carbons (Fsp3) is 0.273. The van der Waals surface area contributed by atoms with E-state index in [-0.39, 0.29) is 33.5 Å². The molecular formula is C11H10Cl2N2O4S. The quantitative estimate of drug-likeness (QED) is 0.774. The molecule has 1 aromatic carbocycles. The summed E-state index contributed by atoms with van der Waals surface area (Å²) in [7, 11) is -3.96. The molecule has 0 atom stereocenters. The van der Waals surface area contributed by atoms with E-state index >= 15 is 0 Å². The Kier molecular flexibility index (Phi) is 5.77. The number of halogens is 2. The Labute approximate surface area is 126 Å². The number of sulfonamides is 1. The van der Waals surface area contributed by atoms with Crippen molar-refractivity contribution < 1.29 is 18.3 Å². The van der Waals surface area contributed by atoms with Crippen LogP contribution in [0.5, 0.6) is 0 Å². The van der Waals surface area contributed by atoms with Crippen molar-refractivity contribution in [1.29, 1.82) is 5.26 Å². The van der Waals surface area contributed by atoms with Crippen molar-refractivity contribution in [3.63, 3.8) is 0 Å². The van der Waals surface area contributed by atoms with Crippen molar-refractivity contribution >= 4 is 39.2 Å². The van der Waals surface area contributed by atoms with Gasteiger partial charge < -0.3 is 5.11 Å². The number of hydrogen-bond acceptors (Lipinski definition) is 4. The molecule has 1 aromatic rings. The number of nitriles is 1. The summed E-state index contributed by atoms with van der Waals surface area (Å²) in [6.45, 7) is 0.0528. The topological polar surface area (TPSA) is 107 Å². The second kappa shape index (κ2) is 6.90. The van der Waals surface area contributed by atoms with E-state index < -0.39 is 16.0 Å². The first-order valence-corrected chi connectivity index (χ1v) is 7.62. The molecule has 0 unspecified atom stereocenters. The Morgan fingerprint density at radius 1 is 1.35 bits per heavy atom. The molecule has 6 nitrogen and oxygen atoms in total. The van der Waals surface area contributed by atoms with Crippen LogP contribution in [0.25, 0.3) is 0 Å². The molecule has 0 aliphatic heterocycles. The van der Waals surface area contributed by atoms with Crippen LogP contribution in [0.4, 0.5) is 0 Å². The summed E-state index contributed by atoms with van der Waals surface area (Å²) in [6.07, 6.45) is 0.546. The van der Waals surface area contributed by atoms with Crippen LogP contribution in [0.2, 0.25) is 10.0 Å². The molecule has 0 saturated carbocycles. The lowest BCUT2D eigenvalue weighted by atomic mass is 10.2. The monoisotopic (exact) mass is 336 g/mol. The van der Waals surface area contributed by atoms with E-state index in [9.17, 15) is 13.2 Å². The van der Waals surface area contributed by atoms with Gasteiger partial charge in [-0.3, -0.25) is 0 Å². The lowest BCUT2D eigenvalue weighted by molar-refractivity contribution is 0.0697. The van der Waals surface area contributed by atoms with Crippen LogP contribution in [-0.4, -0.2) is 26.0 Å². The summed E-state index contributed by atoms with van der Waals surface area (Å²) in [5, 5.41) is 16.9. The van der Waals surface area contributed by atoms with E-state index in [0.717, 1.165) is 12.1 Å². The highest BCUT2D eigenvalue weighted by Gasteiger charge is 2.22. The van der Waals surface area contributed by atoms with Crippen molar-refractivity contribution in [2.45, 2.75) is 17.7 Å². The maximum absolute atomic E-state index is 12.0. The zero-order chi connectivity index (χ0) is 15.3. The number of aromatic carboxylic acids is 1. The molecule has 0 aliphatic rings. The highest BCUT2D eigenvalue weighted by atomic mass is 35.5. The number of nitrogens with one attached hydrogen (secondary N) is 1. The van der Waals surface area contributed by atoms with Gasteiger partial charge in [0.15, 0.2) is 0 Å². The average Bonchev–Trinajstić information content (AvgIpc) is 2.33. The van der Waals surface area contributed by atoms with Gasteiger partial charge in [0, 0.05) is 13.0 Å². The van der Waals surface area contributed by atoms with Crippen LogP contribution >= 0.6 is 23.2 Å². The molecular weight excluding hydrogens is 327 g/mol. The second-order valence-electron chi connectivity index (χ2n) is 3.73. The highest BCUT2D eigenvalue weighted by molar-refractivity contribution is 7.89. The first kappa shape index (κ1) is 16.7. The molecule has 20 heavy (non-hydrogen) atoms. The fourth-order valence-corrected chi connectivity index (χ4v) is 3.28. The van der Waals surface area contributed by atoms with Gasteiger partial charge in [0.2, 0.25) is 10.0 Å². The van der Waals surface area contributed by atoms with Gasteiger partial charge in [-0.2, -0.15) is 5.26 Å². The van der Waals surface area contributed by atoms with Crippen LogP contribution in [-0.2, 0) is 10.0 Å². The third-order valence-electron chi connectivity index (χ3n) is 2.30. The molecule has 0 aromatic heterocycles. The van der Waals surface area contributed by atoms with E-state index in [1.165, 1.54) is 0 Å². The Balaban J connectivity index is 3.09. The number of rotatable bonds is 6. The molecule has 0 bridgehead atoms. The third-order valence-corrected chi connectivity index (χ3v) is 4.54. The molecule has 9 heteroatoms. The van der Waals surface area contributed by atoms with Crippen LogP contribution in [0.15, 0.2) is 17.0 Å². The number of carboxylic acids is 1. The summed E-state index contributed by atoms with van der Waals surface area (Å²) in [5.74, 6) is -1.35. The average molecular weight is 337 g/mol. The Morgan fingerprint density at radius 3 is 2.55 bits per heavy atom. The van der Waals surface area contributed by atoms with Crippen LogP contribution in [0.3, 0.4) is 0 Å². The predicted molar refractivity (Wildman–Crippen MR) is 73.5 cm³/mol. The standard InChI is InChI=1S/C11H10Cl2N2O4S/c12-8-6-9(13)10(5-7(8)11(16)17)20(18,19)15-4-2-1-3-14/h5-6,15H,1-2,4H2,(H,16,17). The number of hydrogen-bond donors (Lipinski definition) is 2. The Bertz CT molecular complexity index is 668. The maximum Gasteiger partial charge on any atom is 0.337 e. The summed E-state index contributed by atoms with van der Waals surface area (Å²) in [5.41, 5.74) is -0.353. The van der Waals surface area contributed by atoms with E-state index in [2.05, 4.69) is 4.72 Å². The number of benzene rings is 1. The first-order chi connectivity index (χ1) is 9.29. The van der Waals surface area contributed by atoms with Gasteiger partial charge in [-0.05, 0) is 18.6 Å². The van der Waals surface area contributed by atoms with Crippen LogP contribution in [0.1, 0.15) is 23.2 Å².